The van der Waals surface area contributed by atoms with Crippen LogP contribution in [0.5, 0.6) is 0 Å². The summed E-state index contributed by atoms with van der Waals surface area (Å²) in [6.45, 7) is 4.40. The Morgan fingerprint density at radius 2 is 2.22 bits per heavy atom. The van der Waals surface area contributed by atoms with E-state index in [1.807, 2.05) is 13.8 Å². The summed E-state index contributed by atoms with van der Waals surface area (Å²) in [7, 11) is 0. The van der Waals surface area contributed by atoms with Crippen molar-refractivity contribution in [3.63, 3.8) is 0 Å². The first-order valence-corrected chi connectivity index (χ1v) is 8.79. The summed E-state index contributed by atoms with van der Waals surface area (Å²) >= 11 is 1.52. The van der Waals surface area contributed by atoms with Gasteiger partial charge in [0.15, 0.2) is 0 Å². The highest BCUT2D eigenvalue weighted by Gasteiger charge is 2.31. The number of carbonyl (C=O) groups is 1. The van der Waals surface area contributed by atoms with Crippen molar-refractivity contribution in [1.29, 1.82) is 0 Å². The quantitative estimate of drug-likeness (QED) is 0.743. The van der Waals surface area contributed by atoms with Crippen LogP contribution in [-0.4, -0.2) is 28.5 Å². The Morgan fingerprint density at radius 1 is 1.48 bits per heavy atom. The van der Waals surface area contributed by atoms with Gasteiger partial charge in [0.1, 0.15) is 10.7 Å². The molecule has 1 aliphatic rings. The number of aromatic amines is 1. The van der Waals surface area contributed by atoms with E-state index in [0.29, 0.717) is 36.5 Å². The fourth-order valence-electron chi connectivity index (χ4n) is 2.80. The molecule has 0 saturated heterocycles. The number of fused-ring (bicyclic) bond motifs is 1. The van der Waals surface area contributed by atoms with Crippen molar-refractivity contribution in [3.05, 3.63) is 26.6 Å². The largest absolute Gasteiger partial charge is 0.352 e. The predicted molar refractivity (Wildman–Crippen MR) is 91.7 cm³/mol. The van der Waals surface area contributed by atoms with Gasteiger partial charge in [-0.05, 0) is 38.2 Å². The van der Waals surface area contributed by atoms with E-state index in [-0.39, 0.29) is 17.5 Å². The van der Waals surface area contributed by atoms with Crippen LogP contribution in [0.2, 0.25) is 0 Å². The molecule has 3 rings (SSSR count). The molecule has 1 atom stereocenters. The minimum Gasteiger partial charge on any atom is -0.352 e. The van der Waals surface area contributed by atoms with Gasteiger partial charge in [-0.2, -0.15) is 0 Å². The summed E-state index contributed by atoms with van der Waals surface area (Å²) in [5.41, 5.74) is 6.56. The summed E-state index contributed by atoms with van der Waals surface area (Å²) in [4.78, 5) is 33.4. The van der Waals surface area contributed by atoms with Crippen molar-refractivity contribution < 1.29 is 4.79 Å². The van der Waals surface area contributed by atoms with Crippen molar-refractivity contribution in [2.45, 2.75) is 45.6 Å². The number of hydrogen-bond donors (Lipinski definition) is 3. The Morgan fingerprint density at radius 3 is 2.87 bits per heavy atom. The zero-order chi connectivity index (χ0) is 16.6. The summed E-state index contributed by atoms with van der Waals surface area (Å²) in [5.74, 6) is 1.07. The lowest BCUT2D eigenvalue weighted by molar-refractivity contribution is -0.121. The number of nitrogens with two attached hydrogens (primary N) is 1. The maximum Gasteiger partial charge on any atom is 0.259 e. The fraction of sp³-hybridized carbons (Fsp3) is 0.562. The molecule has 2 aromatic heterocycles. The first-order valence-electron chi connectivity index (χ1n) is 7.98. The molecule has 23 heavy (non-hydrogen) atoms. The van der Waals surface area contributed by atoms with Crippen molar-refractivity contribution in [3.8, 4) is 0 Å². The molecule has 6 nitrogen and oxygen atoms in total. The SMILES string of the molecule is Cc1sc2nc(CCC(=O)NC(CN)C3CC3)[nH]c(=O)c2c1C. The molecule has 2 heterocycles. The standard InChI is InChI=1S/C16H22N4O2S/c1-8-9(2)23-16-14(8)15(22)19-12(20-16)5-6-13(21)18-11(7-17)10-3-4-10/h10-11H,3-7,17H2,1-2H3,(H,18,21)(H,19,20,22). The number of aromatic nitrogens is 2. The monoisotopic (exact) mass is 334 g/mol. The van der Waals surface area contributed by atoms with Crippen LogP contribution >= 0.6 is 11.3 Å². The van der Waals surface area contributed by atoms with Gasteiger partial charge in [-0.3, -0.25) is 9.59 Å². The van der Waals surface area contributed by atoms with E-state index in [1.165, 1.54) is 11.3 Å². The highest BCUT2D eigenvalue weighted by atomic mass is 32.1. The van der Waals surface area contributed by atoms with Crippen LogP contribution in [-0.2, 0) is 11.2 Å². The molecule has 1 unspecified atom stereocenters. The smallest absolute Gasteiger partial charge is 0.259 e. The zero-order valence-corrected chi connectivity index (χ0v) is 14.3. The molecular weight excluding hydrogens is 312 g/mol. The molecule has 0 radical (unpaired) electrons. The molecule has 1 fully saturated rings. The molecule has 1 saturated carbocycles. The molecule has 1 aliphatic carbocycles. The first kappa shape index (κ1) is 16.1. The third kappa shape index (κ3) is 3.45. The zero-order valence-electron chi connectivity index (χ0n) is 13.4. The first-order chi connectivity index (χ1) is 11.0. The fourth-order valence-corrected chi connectivity index (χ4v) is 3.85. The van der Waals surface area contributed by atoms with Gasteiger partial charge >= 0.3 is 0 Å². The maximum absolute atomic E-state index is 12.2. The topological polar surface area (TPSA) is 101 Å². The average Bonchev–Trinajstić information content (AvgIpc) is 3.30. The number of aryl methyl sites for hydroxylation is 3. The summed E-state index contributed by atoms with van der Waals surface area (Å²) in [5, 5.41) is 3.65. The highest BCUT2D eigenvalue weighted by molar-refractivity contribution is 7.18. The summed E-state index contributed by atoms with van der Waals surface area (Å²) < 4.78 is 0. The Hall–Kier alpha value is -1.73. The Balaban J connectivity index is 1.67. The second-order valence-electron chi connectivity index (χ2n) is 6.22. The minimum atomic E-state index is -0.120. The van der Waals surface area contributed by atoms with Crippen LogP contribution in [0.3, 0.4) is 0 Å². The van der Waals surface area contributed by atoms with Crippen LogP contribution in [0.4, 0.5) is 0 Å². The van der Waals surface area contributed by atoms with E-state index in [9.17, 15) is 9.59 Å². The highest BCUT2D eigenvalue weighted by Crippen LogP contribution is 2.32. The van der Waals surface area contributed by atoms with Crippen LogP contribution in [0, 0.1) is 19.8 Å². The van der Waals surface area contributed by atoms with E-state index < -0.39 is 0 Å². The maximum atomic E-state index is 12.2. The van der Waals surface area contributed by atoms with Crippen molar-refractivity contribution >= 4 is 27.5 Å². The van der Waals surface area contributed by atoms with Crippen molar-refractivity contribution in [1.82, 2.24) is 15.3 Å². The van der Waals surface area contributed by atoms with Gasteiger partial charge in [0.25, 0.3) is 5.56 Å². The van der Waals surface area contributed by atoms with Gasteiger partial charge in [0, 0.05) is 30.3 Å². The number of thiophene rings is 1. The van der Waals surface area contributed by atoms with Crippen LogP contribution in [0.1, 0.15) is 35.5 Å². The molecule has 0 aliphatic heterocycles. The van der Waals surface area contributed by atoms with E-state index in [4.69, 9.17) is 5.73 Å². The minimum absolute atomic E-state index is 0.0337. The van der Waals surface area contributed by atoms with Gasteiger partial charge in [-0.1, -0.05) is 0 Å². The van der Waals surface area contributed by atoms with E-state index in [0.717, 1.165) is 28.1 Å². The number of nitrogens with zero attached hydrogens (tertiary/aromatic N) is 1. The molecule has 0 aromatic carbocycles. The molecule has 1 amide bonds. The second kappa shape index (κ2) is 6.41. The number of amides is 1. The average molecular weight is 334 g/mol. The van der Waals surface area contributed by atoms with Gasteiger partial charge in [0.05, 0.1) is 5.39 Å². The molecule has 4 N–H and O–H groups in total. The molecular formula is C16H22N4O2S. The van der Waals surface area contributed by atoms with Gasteiger partial charge in [-0.15, -0.1) is 11.3 Å². The van der Waals surface area contributed by atoms with Crippen LogP contribution in [0.15, 0.2) is 4.79 Å². The van der Waals surface area contributed by atoms with Crippen LogP contribution < -0.4 is 16.6 Å². The Labute approximate surface area is 138 Å². The molecule has 0 spiro atoms. The lowest BCUT2D eigenvalue weighted by Crippen LogP contribution is -2.41. The van der Waals surface area contributed by atoms with E-state index >= 15 is 0 Å². The predicted octanol–water partition coefficient (Wildman–Crippen LogP) is 1.39. The lowest BCUT2D eigenvalue weighted by Gasteiger charge is -2.15. The van der Waals surface area contributed by atoms with Gasteiger partial charge in [-0.25, -0.2) is 4.98 Å². The summed E-state index contributed by atoms with van der Waals surface area (Å²) in [6, 6.07) is 0.0829. The molecule has 2 aromatic rings. The van der Waals surface area contributed by atoms with Crippen molar-refractivity contribution in [2.75, 3.05) is 6.54 Å². The third-order valence-corrected chi connectivity index (χ3v) is 5.57. The number of nitrogens with one attached hydrogen (secondary N) is 2. The number of H-pyrrole nitrogens is 1. The Bertz CT molecular complexity index is 791. The van der Waals surface area contributed by atoms with Gasteiger partial charge < -0.3 is 16.0 Å². The third-order valence-electron chi connectivity index (χ3n) is 4.47. The van der Waals surface area contributed by atoms with E-state index in [2.05, 4.69) is 15.3 Å². The van der Waals surface area contributed by atoms with Crippen LogP contribution in [0.25, 0.3) is 10.2 Å². The number of hydrogen-bond acceptors (Lipinski definition) is 5. The summed E-state index contributed by atoms with van der Waals surface area (Å²) in [6.07, 6.45) is 3.02. The number of carbonyl (C=O) groups excluding carboxylic acids is 1. The molecule has 7 heteroatoms. The van der Waals surface area contributed by atoms with Gasteiger partial charge in [0.2, 0.25) is 5.91 Å². The number of rotatable bonds is 6. The second-order valence-corrected chi connectivity index (χ2v) is 7.43. The van der Waals surface area contributed by atoms with E-state index in [1.54, 1.807) is 0 Å². The molecule has 124 valence electrons. The lowest BCUT2D eigenvalue weighted by atomic mass is 10.1. The van der Waals surface area contributed by atoms with Crippen molar-refractivity contribution in [2.24, 2.45) is 11.7 Å². The molecule has 0 bridgehead atoms. The Kier molecular flexibility index (Phi) is 4.50. The normalized spacial score (nSPS) is 15.8.